The van der Waals surface area contributed by atoms with Crippen molar-refractivity contribution in [2.75, 3.05) is 6.61 Å². The molecule has 0 aromatic rings. The Bertz CT molecular complexity index is 186. The van der Waals surface area contributed by atoms with Crippen LogP contribution < -0.4 is 5.32 Å². The number of nitrogens with one attached hydrogen (secondary N) is 1. The number of hydrogen-bond donors (Lipinski definition) is 2. The van der Waals surface area contributed by atoms with Gasteiger partial charge in [-0.05, 0) is 27.7 Å². The maximum atomic E-state index is 11.2. The quantitative estimate of drug-likeness (QED) is 0.602. The molecular weight excluding hydrogens is 186 g/mol. The van der Waals surface area contributed by atoms with Crippen molar-refractivity contribution in [1.82, 2.24) is 5.32 Å². The van der Waals surface area contributed by atoms with Crippen molar-refractivity contribution in [3.8, 4) is 0 Å². The molecule has 0 aromatic heterocycles. The Hall–Kier alpha value is -0.553. The molecule has 0 bridgehead atoms. The fourth-order valence-corrected chi connectivity index (χ4v) is 0.824. The minimum atomic E-state index is -0.498. The van der Waals surface area contributed by atoms with Crippen LogP contribution in [0.4, 0.5) is 4.79 Å². The number of ether oxygens (including phenoxy) is 1. The molecule has 78 valence electrons. The molecule has 0 heterocycles. The molecule has 2 N–H and O–H groups in total. The zero-order valence-electron chi connectivity index (χ0n) is 8.97. The Morgan fingerprint density at radius 2 is 1.92 bits per heavy atom. The third kappa shape index (κ3) is 6.59. The molecule has 0 aliphatic rings. The third-order valence-electron chi connectivity index (χ3n) is 1.23. The van der Waals surface area contributed by atoms with Crippen LogP contribution in [0, 0.1) is 0 Å². The molecule has 0 aliphatic heterocycles. The summed E-state index contributed by atoms with van der Waals surface area (Å²) >= 11 is 0. The number of carbonyl (C=O) groups excluding carboxylic acids is 1. The number of alkyl carbamates (subject to hydrolysis) is 1. The van der Waals surface area contributed by atoms with Gasteiger partial charge >= 0.3 is 6.09 Å². The molecule has 5 heteroatoms. The van der Waals surface area contributed by atoms with E-state index < -0.39 is 16.9 Å². The number of amides is 1. The second-order valence-corrected chi connectivity index (χ2v) is 6.88. The Labute approximate surface area is 82.1 Å². The summed E-state index contributed by atoms with van der Waals surface area (Å²) in [4.78, 5) is 11.2. The molecule has 4 nitrogen and oxygen atoms in total. The summed E-state index contributed by atoms with van der Waals surface area (Å²) < 4.78 is 5.04. The van der Waals surface area contributed by atoms with E-state index in [0.717, 1.165) is 0 Å². The summed E-state index contributed by atoms with van der Waals surface area (Å²) in [6.45, 7) is 7.13. The van der Waals surface area contributed by atoms with E-state index in [1.54, 1.807) is 27.7 Å². The second kappa shape index (κ2) is 4.10. The van der Waals surface area contributed by atoms with Gasteiger partial charge in [0.1, 0.15) is 5.60 Å². The van der Waals surface area contributed by atoms with Crippen LogP contribution in [-0.4, -0.2) is 38.8 Å². The van der Waals surface area contributed by atoms with Crippen LogP contribution in [-0.2, 0) is 4.74 Å². The Morgan fingerprint density at radius 1 is 1.46 bits per heavy atom. The van der Waals surface area contributed by atoms with E-state index in [0.29, 0.717) is 10.2 Å². The smallest absolute Gasteiger partial charge is 0.407 e. The van der Waals surface area contributed by atoms with Gasteiger partial charge in [0, 0.05) is 15.4 Å². The predicted octanol–water partition coefficient (Wildman–Crippen LogP) is -0.415. The number of hydrogen-bond acceptors (Lipinski definition) is 3. The molecule has 0 radical (unpaired) electrons. The number of aliphatic hydroxyl groups is 1. The van der Waals surface area contributed by atoms with Gasteiger partial charge in [0.15, 0.2) is 0 Å². The molecule has 0 spiro atoms. The monoisotopic (exact) mass is 205 g/mol. The molecule has 13 heavy (non-hydrogen) atoms. The predicted molar refractivity (Wildman–Crippen MR) is 54.8 cm³/mol. The van der Waals surface area contributed by atoms with E-state index >= 15 is 0 Å². The van der Waals surface area contributed by atoms with Crippen LogP contribution in [0.25, 0.3) is 0 Å². The first-order chi connectivity index (χ1) is 5.66. The van der Waals surface area contributed by atoms with E-state index in [4.69, 9.17) is 9.84 Å². The molecule has 0 saturated heterocycles. The normalized spacial score (nSPS) is 16.4. The average molecular weight is 205 g/mol. The zero-order valence-corrected chi connectivity index (χ0v) is 11.0. The van der Waals surface area contributed by atoms with Crippen molar-refractivity contribution in [2.24, 2.45) is 0 Å². The fourth-order valence-electron chi connectivity index (χ4n) is 0.619. The van der Waals surface area contributed by atoms with Crippen molar-refractivity contribution < 1.29 is 14.6 Å². The molecule has 0 saturated carbocycles. The van der Waals surface area contributed by atoms with E-state index in [2.05, 4.69) is 5.32 Å². The average Bonchev–Trinajstić information content (AvgIpc) is 1.81. The highest BCUT2D eigenvalue weighted by atomic mass is 28.1. The van der Waals surface area contributed by atoms with Gasteiger partial charge in [-0.3, -0.25) is 0 Å². The maximum Gasteiger partial charge on any atom is 0.407 e. The van der Waals surface area contributed by atoms with Gasteiger partial charge in [-0.25, -0.2) is 4.79 Å². The minimum Gasteiger partial charge on any atom is -0.444 e. The first-order valence-electron chi connectivity index (χ1n) is 4.28. The van der Waals surface area contributed by atoms with Crippen molar-refractivity contribution >= 4 is 16.3 Å². The van der Waals surface area contributed by atoms with Gasteiger partial charge in [-0.15, -0.1) is 0 Å². The van der Waals surface area contributed by atoms with Crippen molar-refractivity contribution in [3.63, 3.8) is 0 Å². The number of carbonyl (C=O) groups is 1. The molecule has 1 amide bonds. The molecule has 1 unspecified atom stereocenters. The topological polar surface area (TPSA) is 58.6 Å². The summed E-state index contributed by atoms with van der Waals surface area (Å²) in [6.07, 6.45) is -0.473. The van der Waals surface area contributed by atoms with Gasteiger partial charge in [0.2, 0.25) is 0 Å². The lowest BCUT2D eigenvalue weighted by atomic mass is 10.2. The van der Waals surface area contributed by atoms with E-state index in [-0.39, 0.29) is 6.61 Å². The highest BCUT2D eigenvalue weighted by Gasteiger charge is 2.23. The van der Waals surface area contributed by atoms with Gasteiger partial charge in [0.25, 0.3) is 0 Å². The largest absolute Gasteiger partial charge is 0.444 e. The molecule has 0 fully saturated rings. The lowest BCUT2D eigenvalue weighted by molar-refractivity contribution is 0.0470. The third-order valence-corrected chi connectivity index (χ3v) is 1.80. The Morgan fingerprint density at radius 3 is 2.23 bits per heavy atom. The van der Waals surface area contributed by atoms with E-state index in [9.17, 15) is 4.79 Å². The van der Waals surface area contributed by atoms with E-state index in [1.807, 2.05) is 0 Å². The van der Waals surface area contributed by atoms with Gasteiger partial charge in [-0.1, -0.05) is 0 Å². The molecule has 0 rings (SSSR count). The van der Waals surface area contributed by atoms with Crippen molar-refractivity contribution in [1.29, 1.82) is 0 Å². The summed E-state index contributed by atoms with van der Waals surface area (Å²) in [6, 6.07) is 0. The van der Waals surface area contributed by atoms with Crippen molar-refractivity contribution in [2.45, 2.75) is 38.5 Å². The first kappa shape index (κ1) is 12.4. The van der Waals surface area contributed by atoms with Gasteiger partial charge in [-0.2, -0.15) is 0 Å². The molecular formula is C8H19NO3Si. The van der Waals surface area contributed by atoms with Crippen molar-refractivity contribution in [3.05, 3.63) is 0 Å². The summed E-state index contributed by atoms with van der Waals surface area (Å²) in [5, 5.41) is 11.0. The van der Waals surface area contributed by atoms with Crippen LogP contribution in [0.1, 0.15) is 27.7 Å². The Balaban J connectivity index is 4.03. The lowest BCUT2D eigenvalue weighted by Gasteiger charge is -2.26. The summed E-state index contributed by atoms with van der Waals surface area (Å²) in [5.41, 5.74) is -0.489. The molecule has 1 atom stereocenters. The van der Waals surface area contributed by atoms with Crippen LogP contribution in [0.2, 0.25) is 0 Å². The first-order valence-corrected chi connectivity index (χ1v) is 5.28. The number of aliphatic hydroxyl groups excluding tert-OH is 1. The Kier molecular flexibility index (Phi) is 3.93. The zero-order chi connectivity index (χ0) is 10.7. The van der Waals surface area contributed by atoms with Crippen LogP contribution in [0.5, 0.6) is 0 Å². The van der Waals surface area contributed by atoms with Gasteiger partial charge in [0.05, 0.1) is 6.61 Å². The second-order valence-electron chi connectivity index (χ2n) is 4.67. The van der Waals surface area contributed by atoms with Crippen LogP contribution in [0.3, 0.4) is 0 Å². The van der Waals surface area contributed by atoms with Crippen LogP contribution in [0.15, 0.2) is 0 Å². The number of rotatable bonds is 2. The molecule has 0 aromatic carbocycles. The standard InChI is InChI=1S/C8H19NO3Si/c1-7(2,3)12-6(11)9-8(4,13)5-10/h10H,5H2,1-4,13H3,(H,9,11). The van der Waals surface area contributed by atoms with Gasteiger partial charge < -0.3 is 15.2 Å². The maximum absolute atomic E-state index is 11.2. The SMILES string of the molecule is CC([SiH3])(CO)NC(=O)OC(C)(C)C. The highest BCUT2D eigenvalue weighted by molar-refractivity contribution is 6.16. The lowest BCUT2D eigenvalue weighted by Crippen LogP contribution is -2.50. The fraction of sp³-hybridized carbons (Fsp3) is 0.875. The molecule has 0 aliphatic carbocycles. The van der Waals surface area contributed by atoms with Crippen LogP contribution >= 0.6 is 0 Å². The minimum absolute atomic E-state index is 0.0571. The highest BCUT2D eigenvalue weighted by Crippen LogP contribution is 2.07. The summed E-state index contributed by atoms with van der Waals surface area (Å²) in [7, 11) is 0.676. The van der Waals surface area contributed by atoms with E-state index in [1.165, 1.54) is 0 Å². The summed E-state index contributed by atoms with van der Waals surface area (Å²) in [5.74, 6) is 0.